The second kappa shape index (κ2) is 8.14. The van der Waals surface area contributed by atoms with Crippen molar-refractivity contribution in [2.24, 2.45) is 0 Å². The van der Waals surface area contributed by atoms with Crippen LogP contribution in [0.1, 0.15) is 15.9 Å². The molecule has 4 rings (SSSR count). The van der Waals surface area contributed by atoms with E-state index in [1.807, 2.05) is 60.0 Å². The number of rotatable bonds is 6. The minimum Gasteiger partial charge on any atom is -0.492 e. The molecule has 4 aromatic rings. The van der Waals surface area contributed by atoms with E-state index in [4.69, 9.17) is 4.74 Å². The zero-order valence-corrected chi connectivity index (χ0v) is 15.9. The molecule has 0 aliphatic carbocycles. The Morgan fingerprint density at radius 1 is 1.07 bits per heavy atom. The zero-order chi connectivity index (χ0) is 20.2. The first-order valence-corrected chi connectivity index (χ1v) is 9.32. The summed E-state index contributed by atoms with van der Waals surface area (Å²) < 4.78 is 20.9. The lowest BCUT2D eigenvalue weighted by Crippen LogP contribution is -2.18. The molecule has 1 N–H and O–H groups in total. The van der Waals surface area contributed by atoms with Crippen molar-refractivity contribution >= 4 is 22.9 Å². The van der Waals surface area contributed by atoms with Gasteiger partial charge in [0.1, 0.15) is 18.2 Å². The Bertz CT molecular complexity index is 1150. The number of nitrogens with one attached hydrogen (secondary N) is 1. The van der Waals surface area contributed by atoms with Gasteiger partial charge in [-0.15, -0.1) is 0 Å². The lowest BCUT2D eigenvalue weighted by Gasteiger charge is -2.12. The number of nitrogens with zero attached hydrogens (tertiary/aromatic N) is 2. The number of hydrogen-bond acceptors (Lipinski definition) is 3. The topological polar surface area (TPSA) is 56.1 Å². The molecule has 0 fully saturated rings. The molecule has 0 bridgehead atoms. The van der Waals surface area contributed by atoms with Gasteiger partial charge in [-0.1, -0.05) is 24.3 Å². The Morgan fingerprint density at radius 3 is 2.66 bits per heavy atom. The molecule has 0 unspecified atom stereocenters. The molecule has 3 aromatic carbocycles. The van der Waals surface area contributed by atoms with E-state index in [0.29, 0.717) is 24.7 Å². The fraction of sp³-hybridized carbons (Fsp3) is 0.130. The third-order valence-electron chi connectivity index (χ3n) is 4.56. The van der Waals surface area contributed by atoms with Gasteiger partial charge in [-0.3, -0.25) is 10.1 Å². The maximum absolute atomic E-state index is 13.1. The largest absolute Gasteiger partial charge is 0.492 e. The Morgan fingerprint density at radius 2 is 1.86 bits per heavy atom. The van der Waals surface area contributed by atoms with E-state index in [1.165, 1.54) is 24.3 Å². The minimum absolute atomic E-state index is 0.346. The number of aromatic nitrogens is 2. The van der Waals surface area contributed by atoms with E-state index < -0.39 is 0 Å². The molecule has 0 saturated carbocycles. The van der Waals surface area contributed by atoms with Crippen LogP contribution in [0.25, 0.3) is 11.0 Å². The lowest BCUT2D eigenvalue weighted by molar-refractivity contribution is 0.102. The standard InChI is InChI=1S/C23H20FN3O2/c1-16-5-4-6-19(15-16)29-14-13-27-21-8-3-2-7-20(21)25-23(27)26-22(28)17-9-11-18(24)12-10-17/h2-12,15H,13-14H2,1H3,(H,25,26,28). The summed E-state index contributed by atoms with van der Waals surface area (Å²) in [6, 6.07) is 20.9. The van der Waals surface area contributed by atoms with Gasteiger partial charge in [0.2, 0.25) is 5.95 Å². The summed E-state index contributed by atoms with van der Waals surface area (Å²) in [6.07, 6.45) is 0. The molecule has 146 valence electrons. The van der Waals surface area contributed by atoms with Gasteiger partial charge in [-0.2, -0.15) is 0 Å². The molecule has 0 atom stereocenters. The molecular formula is C23H20FN3O2. The summed E-state index contributed by atoms with van der Waals surface area (Å²) in [5.74, 6) is 0.489. The van der Waals surface area contributed by atoms with Crippen molar-refractivity contribution in [2.75, 3.05) is 11.9 Å². The number of carbonyl (C=O) groups is 1. The summed E-state index contributed by atoms with van der Waals surface area (Å²) in [6.45, 7) is 2.94. The first-order chi connectivity index (χ1) is 14.1. The second-order valence-electron chi connectivity index (χ2n) is 6.70. The van der Waals surface area contributed by atoms with Gasteiger partial charge in [0.05, 0.1) is 17.6 Å². The van der Waals surface area contributed by atoms with E-state index in [2.05, 4.69) is 10.3 Å². The summed E-state index contributed by atoms with van der Waals surface area (Å²) in [5, 5.41) is 2.83. The van der Waals surface area contributed by atoms with E-state index in [-0.39, 0.29) is 11.7 Å². The monoisotopic (exact) mass is 389 g/mol. The quantitative estimate of drug-likeness (QED) is 0.515. The highest BCUT2D eigenvalue weighted by Gasteiger charge is 2.14. The van der Waals surface area contributed by atoms with E-state index in [9.17, 15) is 9.18 Å². The first-order valence-electron chi connectivity index (χ1n) is 9.32. The molecule has 0 spiro atoms. The third kappa shape index (κ3) is 4.27. The van der Waals surface area contributed by atoms with E-state index in [1.54, 1.807) is 0 Å². The highest BCUT2D eigenvalue weighted by atomic mass is 19.1. The van der Waals surface area contributed by atoms with Gasteiger partial charge in [-0.25, -0.2) is 9.37 Å². The molecule has 1 heterocycles. The van der Waals surface area contributed by atoms with E-state index in [0.717, 1.165) is 22.3 Å². The zero-order valence-electron chi connectivity index (χ0n) is 15.9. The summed E-state index contributed by atoms with van der Waals surface area (Å²) >= 11 is 0. The number of aryl methyl sites for hydroxylation is 1. The predicted molar refractivity (Wildman–Crippen MR) is 111 cm³/mol. The molecule has 0 aliphatic heterocycles. The number of benzene rings is 3. The van der Waals surface area contributed by atoms with Crippen molar-refractivity contribution in [3.05, 3.63) is 89.7 Å². The van der Waals surface area contributed by atoms with Crippen molar-refractivity contribution in [3.63, 3.8) is 0 Å². The first kappa shape index (κ1) is 18.7. The number of fused-ring (bicyclic) bond motifs is 1. The average molecular weight is 389 g/mol. The number of para-hydroxylation sites is 2. The molecular weight excluding hydrogens is 369 g/mol. The maximum Gasteiger partial charge on any atom is 0.257 e. The Kier molecular flexibility index (Phi) is 5.24. The van der Waals surface area contributed by atoms with Crippen molar-refractivity contribution < 1.29 is 13.9 Å². The number of amides is 1. The fourth-order valence-electron chi connectivity index (χ4n) is 3.13. The van der Waals surface area contributed by atoms with Gasteiger partial charge in [-0.05, 0) is 61.0 Å². The van der Waals surface area contributed by atoms with E-state index >= 15 is 0 Å². The third-order valence-corrected chi connectivity index (χ3v) is 4.56. The maximum atomic E-state index is 13.1. The number of halogens is 1. The van der Waals surface area contributed by atoms with Crippen molar-refractivity contribution in [1.29, 1.82) is 0 Å². The highest BCUT2D eigenvalue weighted by molar-refractivity contribution is 6.04. The van der Waals surface area contributed by atoms with Gasteiger partial charge >= 0.3 is 0 Å². The van der Waals surface area contributed by atoms with Crippen LogP contribution in [0.4, 0.5) is 10.3 Å². The average Bonchev–Trinajstić information content (AvgIpc) is 3.06. The molecule has 6 heteroatoms. The normalized spacial score (nSPS) is 10.8. The van der Waals surface area contributed by atoms with Crippen molar-refractivity contribution in [1.82, 2.24) is 9.55 Å². The number of anilines is 1. The van der Waals surface area contributed by atoms with Crippen LogP contribution in [-0.4, -0.2) is 22.1 Å². The Hall–Kier alpha value is -3.67. The molecule has 0 saturated heterocycles. The second-order valence-corrected chi connectivity index (χ2v) is 6.70. The van der Waals surface area contributed by atoms with Crippen LogP contribution in [0, 0.1) is 12.7 Å². The fourth-order valence-corrected chi connectivity index (χ4v) is 3.13. The van der Waals surface area contributed by atoms with Crippen LogP contribution in [0.15, 0.2) is 72.8 Å². The van der Waals surface area contributed by atoms with Crippen LogP contribution in [-0.2, 0) is 6.54 Å². The van der Waals surface area contributed by atoms with Gasteiger partial charge in [0, 0.05) is 5.56 Å². The highest BCUT2D eigenvalue weighted by Crippen LogP contribution is 2.21. The Balaban J connectivity index is 1.55. The minimum atomic E-state index is -0.387. The SMILES string of the molecule is Cc1cccc(OCCn2c(NC(=O)c3ccc(F)cc3)nc3ccccc32)c1. The van der Waals surface area contributed by atoms with Gasteiger partial charge in [0.25, 0.3) is 5.91 Å². The number of imidazole rings is 1. The van der Waals surface area contributed by atoms with Crippen LogP contribution >= 0.6 is 0 Å². The van der Waals surface area contributed by atoms with Crippen molar-refractivity contribution in [2.45, 2.75) is 13.5 Å². The molecule has 5 nitrogen and oxygen atoms in total. The summed E-state index contributed by atoms with van der Waals surface area (Å²) in [7, 11) is 0. The summed E-state index contributed by atoms with van der Waals surface area (Å²) in [4.78, 5) is 17.1. The molecule has 1 aromatic heterocycles. The predicted octanol–water partition coefficient (Wildman–Crippen LogP) is 4.82. The van der Waals surface area contributed by atoms with Crippen LogP contribution in [0.5, 0.6) is 5.75 Å². The van der Waals surface area contributed by atoms with Crippen LogP contribution in [0.3, 0.4) is 0 Å². The number of ether oxygens (including phenoxy) is 1. The Labute approximate surface area is 167 Å². The molecule has 1 amide bonds. The van der Waals surface area contributed by atoms with Crippen LogP contribution < -0.4 is 10.1 Å². The number of carbonyl (C=O) groups excluding carboxylic acids is 1. The van der Waals surface area contributed by atoms with Crippen LogP contribution in [0.2, 0.25) is 0 Å². The number of hydrogen-bond donors (Lipinski definition) is 1. The van der Waals surface area contributed by atoms with Crippen molar-refractivity contribution in [3.8, 4) is 5.75 Å². The molecule has 0 aliphatic rings. The summed E-state index contributed by atoms with van der Waals surface area (Å²) in [5.41, 5.74) is 3.16. The molecule has 29 heavy (non-hydrogen) atoms. The van der Waals surface area contributed by atoms with Gasteiger partial charge in [0.15, 0.2) is 0 Å². The molecule has 0 radical (unpaired) electrons. The van der Waals surface area contributed by atoms with Gasteiger partial charge < -0.3 is 9.30 Å². The smallest absolute Gasteiger partial charge is 0.257 e. The lowest BCUT2D eigenvalue weighted by atomic mass is 10.2.